The predicted molar refractivity (Wildman–Crippen MR) is 132 cm³/mol. The van der Waals surface area contributed by atoms with Gasteiger partial charge in [-0.15, -0.1) is 0 Å². The number of aryl methyl sites for hydroxylation is 1. The largest absolute Gasteiger partial charge is 0.491 e. The molecular weight excluding hydrogens is 450 g/mol. The summed E-state index contributed by atoms with van der Waals surface area (Å²) in [5.74, 6) is 2.95. The van der Waals surface area contributed by atoms with E-state index in [9.17, 15) is 4.79 Å². The fraction of sp³-hybridized carbons (Fsp3) is 0.346. The van der Waals surface area contributed by atoms with Crippen molar-refractivity contribution in [1.82, 2.24) is 14.5 Å². The molecule has 2 aromatic carbocycles. The third-order valence-electron chi connectivity index (χ3n) is 6.79. The number of imidazole rings is 1. The van der Waals surface area contributed by atoms with Gasteiger partial charge in [-0.3, -0.25) is 14.6 Å². The minimum Gasteiger partial charge on any atom is -0.491 e. The van der Waals surface area contributed by atoms with Crippen molar-refractivity contribution in [3.05, 3.63) is 75.7 Å². The van der Waals surface area contributed by atoms with E-state index in [1.54, 1.807) is 4.90 Å². The molecule has 1 aromatic heterocycles. The second kappa shape index (κ2) is 8.17. The Kier molecular flexibility index (Phi) is 5.10. The fourth-order valence-electron chi connectivity index (χ4n) is 5.20. The summed E-state index contributed by atoms with van der Waals surface area (Å²) in [5, 5.41) is 0.621. The van der Waals surface area contributed by atoms with Crippen molar-refractivity contribution in [1.29, 1.82) is 0 Å². The van der Waals surface area contributed by atoms with Crippen LogP contribution in [0, 0.1) is 6.92 Å². The zero-order valence-electron chi connectivity index (χ0n) is 19.3. The lowest BCUT2D eigenvalue weighted by Crippen LogP contribution is -2.50. The van der Waals surface area contributed by atoms with Crippen LogP contribution >= 0.6 is 11.6 Å². The van der Waals surface area contributed by atoms with Gasteiger partial charge in [0.2, 0.25) is 5.96 Å². The van der Waals surface area contributed by atoms with Crippen molar-refractivity contribution < 1.29 is 9.53 Å². The van der Waals surface area contributed by atoms with Crippen LogP contribution in [0.3, 0.4) is 0 Å². The molecule has 6 rings (SSSR count). The van der Waals surface area contributed by atoms with E-state index < -0.39 is 0 Å². The second-order valence-corrected chi connectivity index (χ2v) is 9.42. The molecule has 0 N–H and O–H groups in total. The summed E-state index contributed by atoms with van der Waals surface area (Å²) in [6.45, 7) is 6.38. The van der Waals surface area contributed by atoms with Gasteiger partial charge in [-0.25, -0.2) is 9.98 Å². The van der Waals surface area contributed by atoms with Crippen molar-refractivity contribution in [3.63, 3.8) is 0 Å². The summed E-state index contributed by atoms with van der Waals surface area (Å²) >= 11 is 6.48. The van der Waals surface area contributed by atoms with E-state index in [0.29, 0.717) is 48.7 Å². The number of anilines is 1. The Hall–Kier alpha value is -3.32. The molecule has 4 heterocycles. The van der Waals surface area contributed by atoms with Crippen LogP contribution in [0.5, 0.6) is 5.75 Å². The fourth-order valence-corrected chi connectivity index (χ4v) is 5.52. The van der Waals surface area contributed by atoms with E-state index in [4.69, 9.17) is 26.3 Å². The van der Waals surface area contributed by atoms with Gasteiger partial charge >= 0.3 is 0 Å². The van der Waals surface area contributed by atoms with Gasteiger partial charge in [0, 0.05) is 19.5 Å². The number of aromatic nitrogens is 2. The maximum Gasteiger partial charge on any atom is 0.281 e. The van der Waals surface area contributed by atoms with E-state index in [-0.39, 0.29) is 11.9 Å². The number of carbonyl (C=O) groups is 1. The van der Waals surface area contributed by atoms with Gasteiger partial charge in [-0.2, -0.15) is 0 Å². The summed E-state index contributed by atoms with van der Waals surface area (Å²) in [5.41, 5.74) is 4.02. The quantitative estimate of drug-likeness (QED) is 0.557. The highest BCUT2D eigenvalue weighted by atomic mass is 35.5. The van der Waals surface area contributed by atoms with E-state index in [1.165, 1.54) is 5.56 Å². The molecule has 8 heteroatoms. The number of rotatable bonds is 5. The lowest BCUT2D eigenvalue weighted by Gasteiger charge is -2.33. The van der Waals surface area contributed by atoms with Crippen LogP contribution in [0.25, 0.3) is 0 Å². The molecule has 0 saturated heterocycles. The first kappa shape index (κ1) is 21.2. The Bertz CT molecular complexity index is 1320. The predicted octanol–water partition coefficient (Wildman–Crippen LogP) is 4.09. The summed E-state index contributed by atoms with van der Waals surface area (Å²) in [7, 11) is 0. The lowest BCUT2D eigenvalue weighted by atomic mass is 10.1. The molecule has 0 bridgehead atoms. The van der Waals surface area contributed by atoms with Gasteiger partial charge in [0.25, 0.3) is 5.91 Å². The molecule has 3 aliphatic rings. The van der Waals surface area contributed by atoms with Crippen LogP contribution in [-0.4, -0.2) is 52.1 Å². The van der Waals surface area contributed by atoms with Gasteiger partial charge in [-0.1, -0.05) is 48.0 Å². The van der Waals surface area contributed by atoms with Crippen LogP contribution in [0.2, 0.25) is 5.02 Å². The number of guanidine groups is 1. The highest BCUT2D eigenvalue weighted by Gasteiger charge is 2.43. The Labute approximate surface area is 203 Å². The Morgan fingerprint density at radius 1 is 1.18 bits per heavy atom. The summed E-state index contributed by atoms with van der Waals surface area (Å²) in [4.78, 5) is 27.3. The minimum atomic E-state index is -0.0518. The smallest absolute Gasteiger partial charge is 0.281 e. The monoisotopic (exact) mass is 475 g/mol. The van der Waals surface area contributed by atoms with Gasteiger partial charge in [0.15, 0.2) is 11.5 Å². The highest BCUT2D eigenvalue weighted by Crippen LogP contribution is 2.37. The van der Waals surface area contributed by atoms with Gasteiger partial charge in [0.05, 0.1) is 24.2 Å². The molecule has 174 valence electrons. The first-order valence-corrected chi connectivity index (χ1v) is 12.1. The van der Waals surface area contributed by atoms with Gasteiger partial charge in [-0.05, 0) is 43.0 Å². The Morgan fingerprint density at radius 2 is 2.00 bits per heavy atom. The summed E-state index contributed by atoms with van der Waals surface area (Å²) in [6, 6.07) is 14.5. The molecule has 0 saturated carbocycles. The van der Waals surface area contributed by atoms with Crippen molar-refractivity contribution in [2.45, 2.75) is 39.3 Å². The number of amides is 1. The molecule has 7 nitrogen and oxygen atoms in total. The molecule has 34 heavy (non-hydrogen) atoms. The number of hydrogen-bond acceptors (Lipinski definition) is 5. The number of benzene rings is 2. The lowest BCUT2D eigenvalue weighted by molar-refractivity contribution is 0.0836. The molecule has 0 aliphatic carbocycles. The number of carbonyl (C=O) groups excluding carboxylic acids is 1. The summed E-state index contributed by atoms with van der Waals surface area (Å²) < 4.78 is 7.66. The van der Waals surface area contributed by atoms with Gasteiger partial charge in [0.1, 0.15) is 11.6 Å². The molecular formula is C26H26ClN5O2. The molecule has 3 aliphatic heterocycles. The van der Waals surface area contributed by atoms with Crippen LogP contribution < -0.4 is 9.64 Å². The van der Waals surface area contributed by atoms with Crippen LogP contribution in [-0.2, 0) is 19.4 Å². The molecule has 0 fully saturated rings. The topological polar surface area (TPSA) is 63.0 Å². The van der Waals surface area contributed by atoms with E-state index in [2.05, 4.69) is 23.1 Å². The van der Waals surface area contributed by atoms with Crippen LogP contribution in [0.1, 0.15) is 39.9 Å². The van der Waals surface area contributed by atoms with Crippen molar-refractivity contribution >= 4 is 29.3 Å². The summed E-state index contributed by atoms with van der Waals surface area (Å²) in [6.07, 6.45) is 1.68. The van der Waals surface area contributed by atoms with E-state index in [0.717, 1.165) is 35.5 Å². The number of aliphatic imine (C=N–C) groups is 1. The molecule has 3 aromatic rings. The number of halogens is 1. The maximum atomic E-state index is 13.6. The zero-order chi connectivity index (χ0) is 23.4. The normalized spacial score (nSPS) is 18.5. The standard InChI is InChI=1S/C26H26ClN5O2/c1-3-30-25(33)22-24(32-15-20(29-26(30)32)12-17-7-5-4-6-8-17)28-16(2)31(22)14-18-11-19-9-10-34-23(19)21(27)13-18/h4-8,11,13,20H,3,9-10,12,14-15H2,1-2H3/t20-/m1/s1. The van der Waals surface area contributed by atoms with Crippen LogP contribution in [0.15, 0.2) is 47.5 Å². The molecule has 1 atom stereocenters. The molecule has 1 amide bonds. The number of fused-ring (bicyclic) bond motifs is 4. The number of nitrogens with zero attached hydrogens (tertiary/aromatic N) is 5. The van der Waals surface area contributed by atoms with Crippen LogP contribution in [0.4, 0.5) is 5.82 Å². The molecule has 0 radical (unpaired) electrons. The third kappa shape index (κ3) is 3.38. The highest BCUT2D eigenvalue weighted by molar-refractivity contribution is 6.32. The maximum absolute atomic E-state index is 13.6. The van der Waals surface area contributed by atoms with Crippen molar-refractivity contribution in [3.8, 4) is 5.75 Å². The first-order chi connectivity index (χ1) is 16.5. The van der Waals surface area contributed by atoms with Crippen molar-refractivity contribution in [2.75, 3.05) is 24.6 Å². The van der Waals surface area contributed by atoms with Gasteiger partial charge < -0.3 is 9.30 Å². The average molecular weight is 476 g/mol. The van der Waals surface area contributed by atoms with Crippen molar-refractivity contribution in [2.24, 2.45) is 4.99 Å². The SMILES string of the molecule is CCN1C(=O)c2c(nc(C)n2Cc2cc(Cl)c3c(c2)CCO3)N2C[C@@H](Cc3ccccc3)N=C12. The second-order valence-electron chi connectivity index (χ2n) is 9.01. The number of hydrogen-bond donors (Lipinski definition) is 0. The molecule has 0 spiro atoms. The number of ether oxygens (including phenoxy) is 1. The Balaban J connectivity index is 1.35. The zero-order valence-corrected chi connectivity index (χ0v) is 20.0. The average Bonchev–Trinajstić information content (AvgIpc) is 3.53. The molecule has 0 unspecified atom stereocenters. The third-order valence-corrected chi connectivity index (χ3v) is 7.07. The van der Waals surface area contributed by atoms with E-state index >= 15 is 0 Å². The first-order valence-electron chi connectivity index (χ1n) is 11.8. The van der Waals surface area contributed by atoms with E-state index in [1.807, 2.05) is 42.7 Å². The minimum absolute atomic E-state index is 0.0518. The Morgan fingerprint density at radius 3 is 2.79 bits per heavy atom.